The van der Waals surface area contributed by atoms with Gasteiger partial charge in [-0.1, -0.05) is 12.1 Å². The molecule has 25 heavy (non-hydrogen) atoms. The summed E-state index contributed by atoms with van der Waals surface area (Å²) in [5, 5.41) is 9.26. The Hall–Kier alpha value is -2.08. The van der Waals surface area contributed by atoms with E-state index < -0.39 is 0 Å². The highest BCUT2D eigenvalue weighted by Crippen LogP contribution is 2.20. The number of rotatable bonds is 7. The first-order valence-corrected chi connectivity index (χ1v) is 9.15. The van der Waals surface area contributed by atoms with Crippen molar-refractivity contribution in [3.8, 4) is 5.75 Å². The van der Waals surface area contributed by atoms with E-state index in [4.69, 9.17) is 4.74 Å². The molecule has 1 aromatic rings. The Morgan fingerprint density at radius 2 is 1.84 bits per heavy atom. The van der Waals surface area contributed by atoms with E-state index in [1.165, 1.54) is 0 Å². The van der Waals surface area contributed by atoms with Crippen molar-refractivity contribution in [3.05, 3.63) is 29.8 Å². The van der Waals surface area contributed by atoms with E-state index in [9.17, 15) is 9.59 Å². The summed E-state index contributed by atoms with van der Waals surface area (Å²) >= 11 is 0. The first kappa shape index (κ1) is 17.7. The predicted molar refractivity (Wildman–Crippen MR) is 95.3 cm³/mol. The Morgan fingerprint density at radius 1 is 1.16 bits per heavy atom. The van der Waals surface area contributed by atoms with Gasteiger partial charge in [0.1, 0.15) is 5.75 Å². The van der Waals surface area contributed by atoms with Crippen LogP contribution in [0.1, 0.15) is 44.2 Å². The molecule has 1 aliphatic carbocycles. The molecule has 3 N–H and O–H groups in total. The van der Waals surface area contributed by atoms with Gasteiger partial charge in [-0.05, 0) is 63.4 Å². The van der Waals surface area contributed by atoms with Crippen LogP contribution in [0.3, 0.4) is 0 Å². The summed E-state index contributed by atoms with van der Waals surface area (Å²) in [5.74, 6) is 0.822. The highest BCUT2D eigenvalue weighted by molar-refractivity contribution is 5.79. The minimum absolute atomic E-state index is 0.0395. The molecule has 2 aliphatic rings. The minimum Gasteiger partial charge on any atom is -0.484 e. The third kappa shape index (κ3) is 5.46. The molecule has 1 unspecified atom stereocenters. The summed E-state index contributed by atoms with van der Waals surface area (Å²) < 4.78 is 5.50. The molecule has 6 heteroatoms. The molecule has 0 bridgehead atoms. The van der Waals surface area contributed by atoms with Crippen molar-refractivity contribution in [2.45, 2.75) is 44.7 Å². The van der Waals surface area contributed by atoms with Crippen molar-refractivity contribution < 1.29 is 14.3 Å². The Kier molecular flexibility index (Phi) is 5.91. The summed E-state index contributed by atoms with van der Waals surface area (Å²) in [4.78, 5) is 23.9. The summed E-state index contributed by atoms with van der Waals surface area (Å²) in [7, 11) is 0. The van der Waals surface area contributed by atoms with E-state index in [2.05, 4.69) is 16.0 Å². The fraction of sp³-hybridized carbons (Fsp3) is 0.579. The molecule has 1 aliphatic heterocycles. The summed E-state index contributed by atoms with van der Waals surface area (Å²) in [6, 6.07) is 7.85. The van der Waals surface area contributed by atoms with Gasteiger partial charge in [-0.2, -0.15) is 0 Å². The fourth-order valence-corrected chi connectivity index (χ4v) is 3.00. The number of benzene rings is 1. The van der Waals surface area contributed by atoms with Crippen LogP contribution in [0.15, 0.2) is 24.3 Å². The van der Waals surface area contributed by atoms with Crippen molar-refractivity contribution in [1.82, 2.24) is 16.0 Å². The Bertz CT molecular complexity index is 592. The Labute approximate surface area is 148 Å². The molecule has 1 aromatic carbocycles. The molecule has 1 saturated heterocycles. The van der Waals surface area contributed by atoms with Crippen LogP contribution in [-0.4, -0.2) is 37.6 Å². The molecule has 2 amide bonds. The quantitative estimate of drug-likeness (QED) is 0.700. The van der Waals surface area contributed by atoms with Gasteiger partial charge in [-0.25, -0.2) is 0 Å². The van der Waals surface area contributed by atoms with E-state index in [-0.39, 0.29) is 30.4 Å². The molecule has 2 fully saturated rings. The van der Waals surface area contributed by atoms with Gasteiger partial charge in [-0.3, -0.25) is 9.59 Å². The molecule has 136 valence electrons. The van der Waals surface area contributed by atoms with Crippen molar-refractivity contribution in [2.75, 3.05) is 19.7 Å². The third-order valence-corrected chi connectivity index (χ3v) is 4.76. The topological polar surface area (TPSA) is 79.5 Å². The zero-order chi connectivity index (χ0) is 17.6. The lowest BCUT2D eigenvalue weighted by molar-refractivity contribution is -0.126. The first-order chi connectivity index (χ1) is 12.1. The molecular formula is C19H27N3O3. The molecule has 0 radical (unpaired) electrons. The summed E-state index contributed by atoms with van der Waals surface area (Å²) in [6.07, 6.45) is 3.94. The zero-order valence-electron chi connectivity index (χ0n) is 14.7. The standard InChI is InChI=1S/C19H27N3O3/c1-13(21-19(24)15-8-10-20-11-9-15)14-2-6-17(7-3-14)25-12-18(23)22-16-4-5-16/h2-3,6-7,13,15-16,20H,4-5,8-12H2,1H3,(H,21,24)(H,22,23). The number of carbonyl (C=O) groups excluding carboxylic acids is 2. The fourth-order valence-electron chi connectivity index (χ4n) is 3.00. The Balaban J connectivity index is 1.45. The van der Waals surface area contributed by atoms with E-state index in [1.807, 2.05) is 31.2 Å². The second-order valence-electron chi connectivity index (χ2n) is 6.95. The van der Waals surface area contributed by atoms with Crippen LogP contribution in [0, 0.1) is 5.92 Å². The maximum atomic E-state index is 12.3. The van der Waals surface area contributed by atoms with Gasteiger partial charge >= 0.3 is 0 Å². The molecule has 0 spiro atoms. The minimum atomic E-state index is -0.0748. The number of hydrogen-bond donors (Lipinski definition) is 3. The number of hydrogen-bond acceptors (Lipinski definition) is 4. The zero-order valence-corrected chi connectivity index (χ0v) is 14.7. The van der Waals surface area contributed by atoms with Gasteiger partial charge in [0.25, 0.3) is 5.91 Å². The lowest BCUT2D eigenvalue weighted by Crippen LogP contribution is -2.39. The average Bonchev–Trinajstić information content (AvgIpc) is 3.45. The molecule has 1 heterocycles. The van der Waals surface area contributed by atoms with Crippen LogP contribution in [0.2, 0.25) is 0 Å². The van der Waals surface area contributed by atoms with Gasteiger partial charge in [-0.15, -0.1) is 0 Å². The van der Waals surface area contributed by atoms with Gasteiger partial charge in [0.2, 0.25) is 5.91 Å². The number of piperidine rings is 1. The second kappa shape index (κ2) is 8.34. The predicted octanol–water partition coefficient (Wildman–Crippen LogP) is 1.52. The monoisotopic (exact) mass is 345 g/mol. The van der Waals surface area contributed by atoms with Crippen LogP contribution >= 0.6 is 0 Å². The van der Waals surface area contributed by atoms with Crippen molar-refractivity contribution >= 4 is 11.8 Å². The van der Waals surface area contributed by atoms with Crippen LogP contribution in [0.25, 0.3) is 0 Å². The molecule has 6 nitrogen and oxygen atoms in total. The van der Waals surface area contributed by atoms with Crippen LogP contribution < -0.4 is 20.7 Å². The van der Waals surface area contributed by atoms with E-state index in [0.29, 0.717) is 11.8 Å². The van der Waals surface area contributed by atoms with Gasteiger partial charge < -0.3 is 20.7 Å². The number of carbonyl (C=O) groups is 2. The maximum absolute atomic E-state index is 12.3. The normalized spacial score (nSPS) is 19.1. The van der Waals surface area contributed by atoms with Gasteiger partial charge in [0, 0.05) is 12.0 Å². The average molecular weight is 345 g/mol. The lowest BCUT2D eigenvalue weighted by Gasteiger charge is -2.24. The maximum Gasteiger partial charge on any atom is 0.258 e. The third-order valence-electron chi connectivity index (χ3n) is 4.76. The molecule has 1 saturated carbocycles. The number of amides is 2. The number of ether oxygens (including phenoxy) is 1. The smallest absolute Gasteiger partial charge is 0.258 e. The SMILES string of the molecule is CC(NC(=O)C1CCNCC1)c1ccc(OCC(=O)NC2CC2)cc1. The van der Waals surface area contributed by atoms with Crippen molar-refractivity contribution in [2.24, 2.45) is 5.92 Å². The number of nitrogens with one attached hydrogen (secondary N) is 3. The second-order valence-corrected chi connectivity index (χ2v) is 6.95. The van der Waals surface area contributed by atoms with E-state index in [1.54, 1.807) is 0 Å². The molecular weight excluding hydrogens is 318 g/mol. The van der Waals surface area contributed by atoms with Gasteiger partial charge in [0.05, 0.1) is 6.04 Å². The Morgan fingerprint density at radius 3 is 2.48 bits per heavy atom. The van der Waals surface area contributed by atoms with Crippen molar-refractivity contribution in [1.29, 1.82) is 0 Å². The van der Waals surface area contributed by atoms with Crippen LogP contribution in [0.5, 0.6) is 5.75 Å². The highest BCUT2D eigenvalue weighted by atomic mass is 16.5. The molecule has 3 rings (SSSR count). The van der Waals surface area contributed by atoms with Crippen molar-refractivity contribution in [3.63, 3.8) is 0 Å². The summed E-state index contributed by atoms with van der Waals surface area (Å²) in [6.45, 7) is 3.84. The molecule has 0 aromatic heterocycles. The lowest BCUT2D eigenvalue weighted by atomic mass is 9.96. The first-order valence-electron chi connectivity index (χ1n) is 9.15. The van der Waals surface area contributed by atoms with E-state index >= 15 is 0 Å². The van der Waals surface area contributed by atoms with Crippen LogP contribution in [0.4, 0.5) is 0 Å². The summed E-state index contributed by atoms with van der Waals surface area (Å²) in [5.41, 5.74) is 1.03. The van der Waals surface area contributed by atoms with E-state index in [0.717, 1.165) is 44.3 Å². The van der Waals surface area contributed by atoms with Gasteiger partial charge in [0.15, 0.2) is 6.61 Å². The largest absolute Gasteiger partial charge is 0.484 e. The van der Waals surface area contributed by atoms with Crippen LogP contribution in [-0.2, 0) is 9.59 Å². The molecule has 1 atom stereocenters. The highest BCUT2D eigenvalue weighted by Gasteiger charge is 2.23.